The molecule has 2 rings (SSSR count). The quantitative estimate of drug-likeness (QED) is 0.843. The first-order valence-corrected chi connectivity index (χ1v) is 5.61. The molecule has 0 heterocycles. The van der Waals surface area contributed by atoms with Crippen molar-refractivity contribution in [1.82, 2.24) is 0 Å². The molecule has 19 heavy (non-hydrogen) atoms. The second-order valence-corrected chi connectivity index (χ2v) is 4.59. The monoisotopic (exact) mass is 299 g/mol. The Bertz CT molecular complexity index is 448. The number of benzene rings is 1. The van der Waals surface area contributed by atoms with Gasteiger partial charge in [0.1, 0.15) is 5.82 Å². The third kappa shape index (κ3) is 3.58. The largest absolute Gasteiger partial charge is 0.419 e. The lowest BCUT2D eigenvalue weighted by Crippen LogP contribution is -2.28. The summed E-state index contributed by atoms with van der Waals surface area (Å²) in [4.78, 5) is 0. The molecule has 1 fully saturated rings. The van der Waals surface area contributed by atoms with Gasteiger partial charge in [0.15, 0.2) is 0 Å². The van der Waals surface area contributed by atoms with E-state index in [9.17, 15) is 22.7 Å². The molecule has 0 aliphatic heterocycles. The Labute approximate surface area is 114 Å². The zero-order valence-electron chi connectivity index (χ0n) is 9.82. The maximum Gasteiger partial charge on any atom is 0.419 e. The van der Waals surface area contributed by atoms with Crippen molar-refractivity contribution in [3.63, 3.8) is 0 Å². The fraction of sp³-hybridized carbons (Fsp3) is 0.500. The summed E-state index contributed by atoms with van der Waals surface area (Å²) in [5.41, 5.74) is 4.45. The van der Waals surface area contributed by atoms with Crippen LogP contribution >= 0.6 is 12.4 Å². The molecule has 0 radical (unpaired) electrons. The number of halogens is 5. The van der Waals surface area contributed by atoms with Crippen molar-refractivity contribution in [2.24, 2.45) is 11.7 Å². The fourth-order valence-corrected chi connectivity index (χ4v) is 1.90. The SMILES string of the molecule is Cl.N[C@H](c1ccc(F)c(C(F)(F)F)c1)[C@@H](O)C1CC1. The van der Waals surface area contributed by atoms with Gasteiger partial charge in [0, 0.05) is 0 Å². The highest BCUT2D eigenvalue weighted by atomic mass is 35.5. The predicted molar refractivity (Wildman–Crippen MR) is 64.3 cm³/mol. The van der Waals surface area contributed by atoms with Gasteiger partial charge in [0.2, 0.25) is 0 Å². The average Bonchev–Trinajstić information content (AvgIpc) is 3.10. The molecule has 1 aromatic rings. The maximum absolute atomic E-state index is 13.1. The molecule has 2 atom stereocenters. The fourth-order valence-electron chi connectivity index (χ4n) is 1.90. The van der Waals surface area contributed by atoms with Crippen molar-refractivity contribution >= 4 is 12.4 Å². The van der Waals surface area contributed by atoms with Gasteiger partial charge in [-0.25, -0.2) is 4.39 Å². The third-order valence-corrected chi connectivity index (χ3v) is 3.15. The molecule has 1 aliphatic rings. The Morgan fingerprint density at radius 2 is 1.84 bits per heavy atom. The summed E-state index contributed by atoms with van der Waals surface area (Å²) < 4.78 is 50.6. The van der Waals surface area contributed by atoms with Gasteiger partial charge in [-0.1, -0.05) is 6.07 Å². The Morgan fingerprint density at radius 1 is 1.26 bits per heavy atom. The van der Waals surface area contributed by atoms with Crippen molar-refractivity contribution in [3.05, 3.63) is 35.1 Å². The standard InChI is InChI=1S/C12H13F4NO.ClH/c13-9-4-3-7(5-8(9)12(14,15)16)10(17)11(18)6-1-2-6;/h3-6,10-11,18H,1-2,17H2;1H/t10-,11+;/m1./s1. The van der Waals surface area contributed by atoms with Crippen LogP contribution in [0.15, 0.2) is 18.2 Å². The average molecular weight is 300 g/mol. The number of aliphatic hydroxyl groups excluding tert-OH is 1. The number of hydrogen-bond acceptors (Lipinski definition) is 2. The molecule has 0 unspecified atom stereocenters. The number of aliphatic hydroxyl groups is 1. The Kier molecular flexibility index (Phi) is 4.81. The minimum absolute atomic E-state index is 0. The van der Waals surface area contributed by atoms with Crippen LogP contribution in [0, 0.1) is 11.7 Å². The minimum atomic E-state index is -4.76. The van der Waals surface area contributed by atoms with E-state index in [4.69, 9.17) is 5.73 Å². The molecule has 1 aliphatic carbocycles. The summed E-state index contributed by atoms with van der Waals surface area (Å²) in [5.74, 6) is -1.29. The highest BCUT2D eigenvalue weighted by Crippen LogP contribution is 2.38. The van der Waals surface area contributed by atoms with Crippen LogP contribution < -0.4 is 5.73 Å². The van der Waals surface area contributed by atoms with Gasteiger partial charge in [-0.15, -0.1) is 12.4 Å². The molecular formula is C12H14ClF4NO. The summed E-state index contributed by atoms with van der Waals surface area (Å²) in [5, 5.41) is 9.77. The molecule has 0 aromatic heterocycles. The van der Waals surface area contributed by atoms with Crippen LogP contribution in [0.5, 0.6) is 0 Å². The van der Waals surface area contributed by atoms with E-state index in [0.717, 1.165) is 18.9 Å². The van der Waals surface area contributed by atoms with Crippen molar-refractivity contribution in [1.29, 1.82) is 0 Å². The van der Waals surface area contributed by atoms with E-state index in [1.807, 2.05) is 0 Å². The maximum atomic E-state index is 13.1. The van der Waals surface area contributed by atoms with E-state index >= 15 is 0 Å². The normalized spacial score (nSPS) is 18.6. The molecular weight excluding hydrogens is 286 g/mol. The zero-order valence-corrected chi connectivity index (χ0v) is 10.6. The van der Waals surface area contributed by atoms with Gasteiger partial charge in [0.05, 0.1) is 17.7 Å². The van der Waals surface area contributed by atoms with E-state index in [1.165, 1.54) is 6.07 Å². The van der Waals surface area contributed by atoms with Gasteiger partial charge in [-0.2, -0.15) is 13.2 Å². The van der Waals surface area contributed by atoms with Crippen LogP contribution in [0.3, 0.4) is 0 Å². The molecule has 3 N–H and O–H groups in total. The summed E-state index contributed by atoms with van der Waals surface area (Å²) in [6, 6.07) is 1.67. The van der Waals surface area contributed by atoms with Gasteiger partial charge in [-0.3, -0.25) is 0 Å². The van der Waals surface area contributed by atoms with Crippen molar-refractivity contribution in [3.8, 4) is 0 Å². The van der Waals surface area contributed by atoms with Gasteiger partial charge >= 0.3 is 6.18 Å². The highest BCUT2D eigenvalue weighted by molar-refractivity contribution is 5.85. The minimum Gasteiger partial charge on any atom is -0.391 e. The first kappa shape index (κ1) is 16.2. The van der Waals surface area contributed by atoms with Crippen molar-refractivity contribution in [2.75, 3.05) is 0 Å². The summed E-state index contributed by atoms with van der Waals surface area (Å²) in [7, 11) is 0. The summed E-state index contributed by atoms with van der Waals surface area (Å²) >= 11 is 0. The molecule has 1 aromatic carbocycles. The molecule has 2 nitrogen and oxygen atoms in total. The van der Waals surface area contributed by atoms with E-state index in [-0.39, 0.29) is 23.9 Å². The Morgan fingerprint density at radius 3 is 2.32 bits per heavy atom. The zero-order chi connectivity index (χ0) is 13.5. The smallest absolute Gasteiger partial charge is 0.391 e. The van der Waals surface area contributed by atoms with Crippen LogP contribution in [-0.2, 0) is 6.18 Å². The van der Waals surface area contributed by atoms with Crippen molar-refractivity contribution in [2.45, 2.75) is 31.2 Å². The van der Waals surface area contributed by atoms with Gasteiger partial charge in [-0.05, 0) is 36.5 Å². The van der Waals surface area contributed by atoms with E-state index < -0.39 is 29.7 Å². The van der Waals surface area contributed by atoms with E-state index in [1.54, 1.807) is 0 Å². The van der Waals surface area contributed by atoms with Gasteiger partial charge < -0.3 is 10.8 Å². The van der Waals surface area contributed by atoms with Crippen LogP contribution in [-0.4, -0.2) is 11.2 Å². The molecule has 0 bridgehead atoms. The lowest BCUT2D eigenvalue weighted by molar-refractivity contribution is -0.140. The van der Waals surface area contributed by atoms with Crippen LogP contribution in [0.1, 0.15) is 30.0 Å². The lowest BCUT2D eigenvalue weighted by Gasteiger charge is -2.20. The third-order valence-electron chi connectivity index (χ3n) is 3.15. The van der Waals surface area contributed by atoms with Crippen molar-refractivity contribution < 1.29 is 22.7 Å². The van der Waals surface area contributed by atoms with Gasteiger partial charge in [0.25, 0.3) is 0 Å². The predicted octanol–water partition coefficient (Wildman–Crippen LogP) is 3.04. The Hall–Kier alpha value is -0.850. The number of rotatable bonds is 3. The van der Waals surface area contributed by atoms with E-state index in [0.29, 0.717) is 6.07 Å². The van der Waals surface area contributed by atoms with Crippen LogP contribution in [0.25, 0.3) is 0 Å². The molecule has 0 saturated heterocycles. The van der Waals surface area contributed by atoms with Crippen LogP contribution in [0.4, 0.5) is 17.6 Å². The summed E-state index contributed by atoms with van der Waals surface area (Å²) in [6.07, 6.45) is -3.99. The Balaban J connectivity index is 0.00000180. The number of hydrogen-bond donors (Lipinski definition) is 2. The first-order chi connectivity index (χ1) is 8.30. The van der Waals surface area contributed by atoms with Crippen LogP contribution in [0.2, 0.25) is 0 Å². The first-order valence-electron chi connectivity index (χ1n) is 5.61. The van der Waals surface area contributed by atoms with E-state index in [2.05, 4.69) is 0 Å². The molecule has 0 amide bonds. The molecule has 7 heteroatoms. The number of alkyl halides is 3. The molecule has 0 spiro atoms. The topological polar surface area (TPSA) is 46.2 Å². The molecule has 108 valence electrons. The second-order valence-electron chi connectivity index (χ2n) is 4.59. The molecule has 1 saturated carbocycles. The lowest BCUT2D eigenvalue weighted by atomic mass is 9.97. The highest BCUT2D eigenvalue weighted by Gasteiger charge is 2.37. The summed E-state index contributed by atoms with van der Waals surface area (Å²) in [6.45, 7) is 0. The number of nitrogens with two attached hydrogens (primary N) is 1. The second kappa shape index (κ2) is 5.64.